The van der Waals surface area contributed by atoms with Crippen LogP contribution in [0.25, 0.3) is 0 Å². The van der Waals surface area contributed by atoms with Gasteiger partial charge < -0.3 is 14.2 Å². The summed E-state index contributed by atoms with van der Waals surface area (Å²) in [5.41, 5.74) is 0. The number of allylic oxidation sites excluding steroid dienone is 10. The number of ether oxygens (including phenoxy) is 3. The van der Waals surface area contributed by atoms with Crippen LogP contribution in [-0.4, -0.2) is 37.2 Å². The van der Waals surface area contributed by atoms with Crippen molar-refractivity contribution in [1.29, 1.82) is 0 Å². The van der Waals surface area contributed by atoms with Gasteiger partial charge in [0.2, 0.25) is 0 Å². The van der Waals surface area contributed by atoms with Crippen molar-refractivity contribution in [2.45, 2.75) is 245 Å². The molecule has 0 radical (unpaired) electrons. The Balaban J connectivity index is 4.41. The van der Waals surface area contributed by atoms with E-state index in [0.29, 0.717) is 19.3 Å². The molecular weight excluding hydrogens is 733 g/mol. The molecule has 0 fully saturated rings. The summed E-state index contributed by atoms with van der Waals surface area (Å²) in [5.74, 6) is -0.937. The molecule has 0 aromatic rings. The third-order valence-electron chi connectivity index (χ3n) is 10.6. The quantitative estimate of drug-likeness (QED) is 0.0263. The molecule has 0 rings (SSSR count). The van der Waals surface area contributed by atoms with Gasteiger partial charge in [-0.15, -0.1) is 0 Å². The van der Waals surface area contributed by atoms with Crippen LogP contribution in [0.5, 0.6) is 0 Å². The highest BCUT2D eigenvalue weighted by Gasteiger charge is 2.19. The molecule has 0 spiro atoms. The van der Waals surface area contributed by atoms with E-state index in [9.17, 15) is 14.4 Å². The summed E-state index contributed by atoms with van der Waals surface area (Å²) in [6.07, 6.45) is 57.7. The van der Waals surface area contributed by atoms with Gasteiger partial charge >= 0.3 is 17.9 Å². The van der Waals surface area contributed by atoms with Gasteiger partial charge in [-0.25, -0.2) is 0 Å². The van der Waals surface area contributed by atoms with Crippen LogP contribution in [0.1, 0.15) is 239 Å². The Labute approximate surface area is 364 Å². The lowest BCUT2D eigenvalue weighted by molar-refractivity contribution is -0.167. The van der Waals surface area contributed by atoms with E-state index in [1.165, 1.54) is 109 Å². The highest BCUT2D eigenvalue weighted by molar-refractivity contribution is 5.71. The average Bonchev–Trinajstić information content (AvgIpc) is 3.23. The van der Waals surface area contributed by atoms with E-state index in [1.54, 1.807) is 0 Å². The summed E-state index contributed by atoms with van der Waals surface area (Å²) in [7, 11) is 0. The molecule has 59 heavy (non-hydrogen) atoms. The lowest BCUT2D eigenvalue weighted by Crippen LogP contribution is -2.30. The van der Waals surface area contributed by atoms with Crippen molar-refractivity contribution in [3.05, 3.63) is 60.8 Å². The maximum atomic E-state index is 12.7. The Bertz CT molecular complexity index is 1090. The zero-order valence-corrected chi connectivity index (χ0v) is 38.8. The molecule has 6 nitrogen and oxygen atoms in total. The molecule has 0 heterocycles. The molecule has 1 atom stereocenters. The van der Waals surface area contributed by atoms with Crippen LogP contribution in [0.3, 0.4) is 0 Å². The summed E-state index contributed by atoms with van der Waals surface area (Å²) in [6, 6.07) is 0. The maximum Gasteiger partial charge on any atom is 0.306 e. The summed E-state index contributed by atoms with van der Waals surface area (Å²) in [4.78, 5) is 37.8. The zero-order valence-electron chi connectivity index (χ0n) is 38.8. The summed E-state index contributed by atoms with van der Waals surface area (Å²) in [6.45, 7) is 6.52. The molecule has 0 aromatic carbocycles. The molecule has 1 unspecified atom stereocenters. The Morgan fingerprint density at radius 3 is 1.02 bits per heavy atom. The van der Waals surface area contributed by atoms with Gasteiger partial charge in [0, 0.05) is 19.3 Å². The van der Waals surface area contributed by atoms with Crippen molar-refractivity contribution in [1.82, 2.24) is 0 Å². The van der Waals surface area contributed by atoms with E-state index < -0.39 is 6.10 Å². The number of unbranched alkanes of at least 4 members (excludes halogenated alkanes) is 26. The van der Waals surface area contributed by atoms with Crippen molar-refractivity contribution in [3.63, 3.8) is 0 Å². The number of hydrogen-bond donors (Lipinski definition) is 0. The van der Waals surface area contributed by atoms with Gasteiger partial charge in [-0.2, -0.15) is 0 Å². The molecule has 0 bridgehead atoms. The zero-order chi connectivity index (χ0) is 43.0. The van der Waals surface area contributed by atoms with E-state index in [-0.39, 0.29) is 31.1 Å². The smallest absolute Gasteiger partial charge is 0.306 e. The standard InChI is InChI=1S/C53H92O6/c1-4-7-10-13-16-19-22-24-25-26-27-28-29-32-34-37-40-43-46-52(55)58-49-50(48-57-51(54)45-42-39-36-33-30-21-18-15-12-9-6-3)59-53(56)47-44-41-38-35-31-23-20-17-14-11-8-5-2/h15,18,21-22,24-28,30,50H,4-14,16-17,19-20,23,29,31-49H2,1-3H3/b18-15-,24-22-,26-25-,28-27-,30-21-. The Hall–Kier alpha value is -2.89. The monoisotopic (exact) mass is 825 g/mol. The van der Waals surface area contributed by atoms with Crippen molar-refractivity contribution < 1.29 is 28.6 Å². The largest absolute Gasteiger partial charge is 0.462 e. The van der Waals surface area contributed by atoms with E-state index in [0.717, 1.165) is 89.9 Å². The molecule has 0 amide bonds. The van der Waals surface area contributed by atoms with Crippen LogP contribution in [0.2, 0.25) is 0 Å². The second-order valence-corrected chi connectivity index (χ2v) is 16.5. The van der Waals surface area contributed by atoms with Gasteiger partial charge in [-0.05, 0) is 64.2 Å². The summed E-state index contributed by atoms with van der Waals surface area (Å²) >= 11 is 0. The number of esters is 3. The van der Waals surface area contributed by atoms with Gasteiger partial charge in [0.1, 0.15) is 13.2 Å². The second-order valence-electron chi connectivity index (χ2n) is 16.5. The van der Waals surface area contributed by atoms with E-state index in [1.807, 2.05) is 0 Å². The minimum atomic E-state index is -0.789. The fourth-order valence-electron chi connectivity index (χ4n) is 6.77. The van der Waals surface area contributed by atoms with Gasteiger partial charge in [0.05, 0.1) is 0 Å². The number of carbonyl (C=O) groups excluding carboxylic acids is 3. The number of carbonyl (C=O) groups is 3. The van der Waals surface area contributed by atoms with Crippen molar-refractivity contribution in [2.75, 3.05) is 13.2 Å². The third kappa shape index (κ3) is 46.0. The maximum absolute atomic E-state index is 12.7. The highest BCUT2D eigenvalue weighted by Crippen LogP contribution is 2.14. The third-order valence-corrected chi connectivity index (χ3v) is 10.6. The van der Waals surface area contributed by atoms with Crippen molar-refractivity contribution in [2.24, 2.45) is 0 Å². The molecule has 340 valence electrons. The topological polar surface area (TPSA) is 78.9 Å². The predicted octanol–water partition coefficient (Wildman–Crippen LogP) is 16.1. The first-order valence-electron chi connectivity index (χ1n) is 24.8. The summed E-state index contributed by atoms with van der Waals surface area (Å²) in [5, 5.41) is 0. The van der Waals surface area contributed by atoms with Gasteiger partial charge in [-0.1, -0.05) is 216 Å². The first kappa shape index (κ1) is 56.1. The van der Waals surface area contributed by atoms with Gasteiger partial charge in [0.25, 0.3) is 0 Å². The Kier molecular flexibility index (Phi) is 45.4. The predicted molar refractivity (Wildman–Crippen MR) is 251 cm³/mol. The number of rotatable bonds is 44. The fourth-order valence-corrected chi connectivity index (χ4v) is 6.77. The lowest BCUT2D eigenvalue weighted by Gasteiger charge is -2.18. The highest BCUT2D eigenvalue weighted by atomic mass is 16.6. The normalized spacial score (nSPS) is 12.5. The van der Waals surface area contributed by atoms with Crippen LogP contribution >= 0.6 is 0 Å². The SMILES string of the molecule is CCCC/C=C\C=C/CCCCCC(=O)OCC(COC(=O)CCCCCCC\C=C/C=C\C=C/CCCCCCC)OC(=O)CCCCCCCCCCCCCC. The summed E-state index contributed by atoms with van der Waals surface area (Å²) < 4.78 is 16.7. The molecule has 0 aliphatic rings. The molecule has 0 N–H and O–H groups in total. The van der Waals surface area contributed by atoms with Crippen LogP contribution < -0.4 is 0 Å². The molecule has 0 aliphatic carbocycles. The van der Waals surface area contributed by atoms with Crippen LogP contribution in [0.4, 0.5) is 0 Å². The van der Waals surface area contributed by atoms with Gasteiger partial charge in [0.15, 0.2) is 6.10 Å². The Morgan fingerprint density at radius 2 is 0.627 bits per heavy atom. The van der Waals surface area contributed by atoms with Gasteiger partial charge in [-0.3, -0.25) is 14.4 Å². The molecule has 0 saturated carbocycles. The van der Waals surface area contributed by atoms with E-state index >= 15 is 0 Å². The fraction of sp³-hybridized carbons (Fsp3) is 0.755. The first-order chi connectivity index (χ1) is 29.0. The van der Waals surface area contributed by atoms with Crippen molar-refractivity contribution in [3.8, 4) is 0 Å². The second kappa shape index (κ2) is 47.8. The van der Waals surface area contributed by atoms with E-state index in [2.05, 4.69) is 81.5 Å². The molecule has 0 aliphatic heterocycles. The van der Waals surface area contributed by atoms with Crippen LogP contribution in [-0.2, 0) is 28.6 Å². The lowest BCUT2D eigenvalue weighted by atomic mass is 10.0. The minimum absolute atomic E-state index is 0.0921. The van der Waals surface area contributed by atoms with Crippen molar-refractivity contribution >= 4 is 17.9 Å². The minimum Gasteiger partial charge on any atom is -0.462 e. The molecule has 6 heteroatoms. The Morgan fingerprint density at radius 1 is 0.339 bits per heavy atom. The van der Waals surface area contributed by atoms with E-state index in [4.69, 9.17) is 14.2 Å². The average molecular weight is 825 g/mol. The molecule has 0 saturated heterocycles. The molecular formula is C53H92O6. The van der Waals surface area contributed by atoms with Crippen LogP contribution in [0.15, 0.2) is 60.8 Å². The number of hydrogen-bond acceptors (Lipinski definition) is 6. The van der Waals surface area contributed by atoms with Crippen LogP contribution in [0, 0.1) is 0 Å². The first-order valence-corrected chi connectivity index (χ1v) is 24.8. The molecule has 0 aromatic heterocycles.